The third-order valence-corrected chi connectivity index (χ3v) is 4.23. The molecule has 0 saturated heterocycles. The van der Waals surface area contributed by atoms with E-state index in [9.17, 15) is 18.3 Å². The Morgan fingerprint density at radius 3 is 1.89 bits per heavy atom. The van der Waals surface area contributed by atoms with E-state index < -0.39 is 11.7 Å². The minimum atomic E-state index is -4.42. The second-order valence-corrected chi connectivity index (χ2v) is 8.76. The van der Waals surface area contributed by atoms with Gasteiger partial charge < -0.3 is 5.11 Å². The first kappa shape index (κ1) is 21.7. The molecule has 0 atom stereocenters. The van der Waals surface area contributed by atoms with E-state index in [4.69, 9.17) is 0 Å². The van der Waals surface area contributed by atoms with Crippen molar-refractivity contribution in [2.45, 2.75) is 58.5 Å². The van der Waals surface area contributed by atoms with Crippen LogP contribution in [0.25, 0.3) is 0 Å². The van der Waals surface area contributed by atoms with Gasteiger partial charge in [-0.2, -0.15) is 18.3 Å². The van der Waals surface area contributed by atoms with Crippen LogP contribution >= 0.6 is 0 Å². The Morgan fingerprint density at radius 1 is 0.964 bits per heavy atom. The number of hydrogen-bond acceptors (Lipinski definition) is 4. The molecule has 1 heterocycles. The van der Waals surface area contributed by atoms with Crippen LogP contribution in [-0.4, -0.2) is 16.3 Å². The first-order chi connectivity index (χ1) is 12.7. The van der Waals surface area contributed by atoms with Gasteiger partial charge in [0.1, 0.15) is 11.6 Å². The molecule has 0 amide bonds. The van der Waals surface area contributed by atoms with Gasteiger partial charge in [-0.3, -0.25) is 5.43 Å². The Labute approximate surface area is 163 Å². The number of halogens is 3. The smallest absolute Gasteiger partial charge is 0.417 e. The van der Waals surface area contributed by atoms with Gasteiger partial charge >= 0.3 is 6.18 Å². The number of aromatic nitrogens is 1. The molecule has 0 fully saturated rings. The number of benzene rings is 1. The summed E-state index contributed by atoms with van der Waals surface area (Å²) in [6.45, 7) is 12.1. The summed E-state index contributed by atoms with van der Waals surface area (Å²) in [4.78, 5) is 3.72. The normalized spacial score (nSPS) is 13.2. The lowest BCUT2D eigenvalue weighted by Gasteiger charge is -2.27. The molecule has 0 radical (unpaired) electrons. The number of hydrogen-bond donors (Lipinski definition) is 2. The molecular formula is C21H26F3N3O. The summed E-state index contributed by atoms with van der Waals surface area (Å²) >= 11 is 0. The molecule has 4 nitrogen and oxygen atoms in total. The first-order valence-electron chi connectivity index (χ1n) is 8.90. The van der Waals surface area contributed by atoms with Crippen molar-refractivity contribution in [3.05, 3.63) is 52.7 Å². The minimum Gasteiger partial charge on any atom is -0.507 e. The third-order valence-electron chi connectivity index (χ3n) is 4.23. The molecule has 0 aliphatic carbocycles. The summed E-state index contributed by atoms with van der Waals surface area (Å²) < 4.78 is 37.7. The average Bonchev–Trinajstić information content (AvgIpc) is 2.53. The van der Waals surface area contributed by atoms with Crippen molar-refractivity contribution in [1.82, 2.24) is 4.98 Å². The van der Waals surface area contributed by atoms with E-state index in [2.05, 4.69) is 15.5 Å². The van der Waals surface area contributed by atoms with E-state index in [1.54, 1.807) is 6.21 Å². The Kier molecular flexibility index (Phi) is 5.78. The molecule has 2 rings (SSSR count). The van der Waals surface area contributed by atoms with Crippen molar-refractivity contribution in [2.75, 3.05) is 5.43 Å². The number of alkyl halides is 3. The van der Waals surface area contributed by atoms with Crippen molar-refractivity contribution in [1.29, 1.82) is 0 Å². The van der Waals surface area contributed by atoms with Gasteiger partial charge in [-0.1, -0.05) is 41.5 Å². The highest BCUT2D eigenvalue weighted by atomic mass is 19.4. The number of nitrogens with zero attached hydrogens (tertiary/aromatic N) is 2. The van der Waals surface area contributed by atoms with Crippen molar-refractivity contribution in [3.63, 3.8) is 0 Å². The zero-order valence-corrected chi connectivity index (χ0v) is 16.9. The summed E-state index contributed by atoms with van der Waals surface area (Å²) in [5.74, 6) is 0.477. The maximum Gasteiger partial charge on any atom is 0.417 e. The molecule has 0 bridgehead atoms. The van der Waals surface area contributed by atoms with Crippen molar-refractivity contribution in [3.8, 4) is 5.75 Å². The molecule has 7 heteroatoms. The van der Waals surface area contributed by atoms with Crippen LogP contribution in [0.4, 0.5) is 19.0 Å². The van der Waals surface area contributed by atoms with Crippen LogP contribution in [0.2, 0.25) is 0 Å². The molecule has 0 saturated carbocycles. The van der Waals surface area contributed by atoms with Crippen molar-refractivity contribution in [2.24, 2.45) is 5.10 Å². The van der Waals surface area contributed by atoms with Crippen LogP contribution in [0, 0.1) is 0 Å². The van der Waals surface area contributed by atoms with Gasteiger partial charge in [0.2, 0.25) is 0 Å². The summed E-state index contributed by atoms with van der Waals surface area (Å²) in [5, 5.41) is 14.8. The molecular weight excluding hydrogens is 367 g/mol. The highest BCUT2D eigenvalue weighted by molar-refractivity contribution is 5.82. The lowest BCUT2D eigenvalue weighted by molar-refractivity contribution is -0.137. The molecule has 0 aliphatic heterocycles. The number of aromatic hydroxyl groups is 1. The lowest BCUT2D eigenvalue weighted by atomic mass is 9.78. The number of pyridine rings is 1. The fourth-order valence-corrected chi connectivity index (χ4v) is 2.68. The van der Waals surface area contributed by atoms with Crippen LogP contribution < -0.4 is 5.43 Å². The fraction of sp³-hybridized carbons (Fsp3) is 0.429. The predicted molar refractivity (Wildman–Crippen MR) is 106 cm³/mol. The number of rotatable bonds is 3. The molecule has 152 valence electrons. The van der Waals surface area contributed by atoms with Crippen molar-refractivity contribution < 1.29 is 18.3 Å². The molecule has 2 aromatic rings. The van der Waals surface area contributed by atoms with Gasteiger partial charge in [0.15, 0.2) is 0 Å². The van der Waals surface area contributed by atoms with Crippen molar-refractivity contribution >= 4 is 12.0 Å². The number of phenolic OH excluding ortho intramolecular Hbond substituents is 1. The van der Waals surface area contributed by atoms with E-state index in [0.717, 1.165) is 29.0 Å². The quantitative estimate of drug-likeness (QED) is 0.508. The van der Waals surface area contributed by atoms with Crippen LogP contribution in [0.3, 0.4) is 0 Å². The van der Waals surface area contributed by atoms with E-state index in [1.807, 2.05) is 53.7 Å². The maximum atomic E-state index is 12.6. The van der Waals surface area contributed by atoms with Crippen LogP contribution in [-0.2, 0) is 17.0 Å². The molecule has 0 unspecified atom stereocenters. The van der Waals surface area contributed by atoms with E-state index in [0.29, 0.717) is 0 Å². The van der Waals surface area contributed by atoms with E-state index >= 15 is 0 Å². The van der Waals surface area contributed by atoms with E-state index in [-0.39, 0.29) is 22.4 Å². The van der Waals surface area contributed by atoms with Crippen LogP contribution in [0.1, 0.15) is 63.8 Å². The zero-order valence-electron chi connectivity index (χ0n) is 16.9. The average molecular weight is 393 g/mol. The first-order valence-corrected chi connectivity index (χ1v) is 8.90. The monoisotopic (exact) mass is 393 g/mol. The van der Waals surface area contributed by atoms with E-state index in [1.165, 1.54) is 6.07 Å². The lowest BCUT2D eigenvalue weighted by Crippen LogP contribution is -2.18. The molecule has 1 aromatic carbocycles. The summed E-state index contributed by atoms with van der Waals surface area (Å²) in [6, 6.07) is 5.88. The second kappa shape index (κ2) is 7.45. The fourth-order valence-electron chi connectivity index (χ4n) is 2.68. The molecule has 1 aromatic heterocycles. The van der Waals surface area contributed by atoms with Gasteiger partial charge in [0.25, 0.3) is 0 Å². The molecule has 0 aliphatic rings. The highest BCUT2D eigenvalue weighted by Crippen LogP contribution is 2.39. The number of phenols is 1. The second-order valence-electron chi connectivity index (χ2n) is 8.76. The Hall–Kier alpha value is -2.57. The molecule has 0 spiro atoms. The van der Waals surface area contributed by atoms with Gasteiger partial charge in [-0.05, 0) is 40.7 Å². The maximum absolute atomic E-state index is 12.6. The third kappa shape index (κ3) is 5.24. The van der Waals surface area contributed by atoms with Gasteiger partial charge in [0.05, 0.1) is 11.8 Å². The molecule has 28 heavy (non-hydrogen) atoms. The van der Waals surface area contributed by atoms with Crippen LogP contribution in [0.5, 0.6) is 5.75 Å². The van der Waals surface area contributed by atoms with Gasteiger partial charge in [-0.25, -0.2) is 4.98 Å². The Bertz CT molecular complexity index is 823. The molecule has 2 N–H and O–H groups in total. The summed E-state index contributed by atoms with van der Waals surface area (Å²) in [7, 11) is 0. The zero-order chi connectivity index (χ0) is 21.3. The SMILES string of the molecule is CC(C)(C)c1cc(C=NNc2ccc(C(F)(F)F)cn2)cc(C(C)(C)C)c1O. The Balaban J connectivity index is 2.30. The summed E-state index contributed by atoms with van der Waals surface area (Å²) in [5.41, 5.74) is 3.65. The Morgan fingerprint density at radius 2 is 1.50 bits per heavy atom. The standard InChI is InChI=1S/C21H26F3N3O/c1-19(2,3)15-9-13(10-16(18(15)28)20(4,5)6)11-26-27-17-8-7-14(12-25-17)21(22,23)24/h7-12,28H,1-6H3,(H,25,27). The predicted octanol–water partition coefficient (Wildman–Crippen LogP) is 5.85. The topological polar surface area (TPSA) is 57.5 Å². The van der Waals surface area contributed by atoms with Gasteiger partial charge in [0, 0.05) is 17.3 Å². The largest absolute Gasteiger partial charge is 0.507 e. The van der Waals surface area contributed by atoms with Crippen LogP contribution in [0.15, 0.2) is 35.6 Å². The summed E-state index contributed by atoms with van der Waals surface area (Å²) in [6.07, 6.45) is -2.11. The number of nitrogens with one attached hydrogen (secondary N) is 1. The minimum absolute atomic E-state index is 0.204. The highest BCUT2D eigenvalue weighted by Gasteiger charge is 2.30. The number of anilines is 1. The van der Waals surface area contributed by atoms with Gasteiger partial charge in [-0.15, -0.1) is 0 Å². The number of hydrazone groups is 1.